The van der Waals surface area contributed by atoms with Gasteiger partial charge in [0, 0.05) is 25.2 Å². The van der Waals surface area contributed by atoms with E-state index in [9.17, 15) is 4.39 Å². The number of ether oxygens (including phenoxy) is 1. The van der Waals surface area contributed by atoms with Crippen LogP contribution in [0.15, 0.2) is 18.2 Å². The van der Waals surface area contributed by atoms with Gasteiger partial charge in [-0.15, -0.1) is 0 Å². The summed E-state index contributed by atoms with van der Waals surface area (Å²) < 4.78 is 18.5. The average molecular weight is 250 g/mol. The Morgan fingerprint density at radius 1 is 1.44 bits per heavy atom. The van der Waals surface area contributed by atoms with Crippen LogP contribution in [-0.4, -0.2) is 30.6 Å². The molecule has 4 heteroatoms. The van der Waals surface area contributed by atoms with Crippen LogP contribution in [0, 0.1) is 11.7 Å². The summed E-state index contributed by atoms with van der Waals surface area (Å²) in [5.41, 5.74) is 7.30. The van der Waals surface area contributed by atoms with Crippen molar-refractivity contribution in [2.75, 3.05) is 20.2 Å². The highest BCUT2D eigenvalue weighted by Crippen LogP contribution is 2.43. The number of hydrogen-bond acceptors (Lipinski definition) is 3. The van der Waals surface area contributed by atoms with Crippen molar-refractivity contribution < 1.29 is 9.13 Å². The fourth-order valence-corrected chi connectivity index (χ4v) is 2.88. The Labute approximate surface area is 107 Å². The van der Waals surface area contributed by atoms with Crippen molar-refractivity contribution in [3.8, 4) is 5.75 Å². The molecule has 98 valence electrons. The van der Waals surface area contributed by atoms with Crippen LogP contribution in [-0.2, 0) is 6.54 Å². The van der Waals surface area contributed by atoms with Crippen LogP contribution < -0.4 is 10.5 Å². The number of rotatable bonds is 4. The molecule has 3 rings (SSSR count). The second-order valence-electron chi connectivity index (χ2n) is 5.62. The predicted octanol–water partition coefficient (Wildman–Crippen LogP) is 1.76. The second kappa shape index (κ2) is 4.21. The van der Waals surface area contributed by atoms with Crippen LogP contribution in [0.25, 0.3) is 0 Å². The molecule has 1 heterocycles. The van der Waals surface area contributed by atoms with Crippen LogP contribution in [0.4, 0.5) is 4.39 Å². The van der Waals surface area contributed by atoms with Crippen molar-refractivity contribution in [3.63, 3.8) is 0 Å². The SMILES string of the molecule is COc1ccc(CN2CC(N)(C3CC3)C2)cc1F. The molecular weight excluding hydrogens is 231 g/mol. The maximum absolute atomic E-state index is 13.5. The lowest BCUT2D eigenvalue weighted by Crippen LogP contribution is -2.68. The van der Waals surface area contributed by atoms with E-state index in [2.05, 4.69) is 4.90 Å². The Kier molecular flexibility index (Phi) is 2.79. The Morgan fingerprint density at radius 3 is 2.72 bits per heavy atom. The number of methoxy groups -OCH3 is 1. The van der Waals surface area contributed by atoms with E-state index in [4.69, 9.17) is 10.5 Å². The molecule has 2 N–H and O–H groups in total. The number of halogens is 1. The fourth-order valence-electron chi connectivity index (χ4n) is 2.88. The number of likely N-dealkylation sites (tertiary alicyclic amines) is 1. The van der Waals surface area contributed by atoms with Gasteiger partial charge in [0.2, 0.25) is 0 Å². The standard InChI is InChI=1S/C14H19FN2O/c1-18-13-5-2-10(6-12(13)15)7-17-8-14(16,9-17)11-3-4-11/h2,5-6,11H,3-4,7-9,16H2,1H3. The first-order chi connectivity index (χ1) is 8.60. The van der Waals surface area contributed by atoms with Gasteiger partial charge in [-0.25, -0.2) is 4.39 Å². The van der Waals surface area contributed by atoms with Crippen molar-refractivity contribution in [1.29, 1.82) is 0 Å². The number of hydrogen-bond donors (Lipinski definition) is 1. The molecule has 0 radical (unpaired) electrons. The summed E-state index contributed by atoms with van der Waals surface area (Å²) in [7, 11) is 1.48. The lowest BCUT2D eigenvalue weighted by molar-refractivity contribution is 0.0477. The first-order valence-electron chi connectivity index (χ1n) is 6.44. The van der Waals surface area contributed by atoms with Crippen LogP contribution in [0.5, 0.6) is 5.75 Å². The third kappa shape index (κ3) is 2.10. The minimum atomic E-state index is -0.295. The van der Waals surface area contributed by atoms with Crippen LogP contribution >= 0.6 is 0 Å². The molecule has 2 aliphatic rings. The Bertz CT molecular complexity index is 453. The lowest BCUT2D eigenvalue weighted by Gasteiger charge is -2.48. The summed E-state index contributed by atoms with van der Waals surface area (Å²) in [6.45, 7) is 2.64. The van der Waals surface area contributed by atoms with Crippen molar-refractivity contribution in [2.24, 2.45) is 11.7 Å². The summed E-state index contributed by atoms with van der Waals surface area (Å²) in [6.07, 6.45) is 2.56. The van der Waals surface area contributed by atoms with E-state index >= 15 is 0 Å². The van der Waals surface area contributed by atoms with E-state index in [1.54, 1.807) is 12.1 Å². The van der Waals surface area contributed by atoms with Gasteiger partial charge in [0.1, 0.15) is 0 Å². The molecule has 0 unspecified atom stereocenters. The molecule has 1 aromatic rings. The van der Waals surface area contributed by atoms with Gasteiger partial charge in [0.15, 0.2) is 11.6 Å². The molecular formula is C14H19FN2O. The third-order valence-corrected chi connectivity index (χ3v) is 4.05. The van der Waals surface area contributed by atoms with Crippen molar-refractivity contribution >= 4 is 0 Å². The van der Waals surface area contributed by atoms with Gasteiger partial charge in [-0.05, 0) is 36.5 Å². The number of nitrogens with two attached hydrogens (primary N) is 1. The zero-order chi connectivity index (χ0) is 12.8. The summed E-state index contributed by atoms with van der Waals surface area (Å²) in [5, 5.41) is 0. The summed E-state index contributed by atoms with van der Waals surface area (Å²) in [4.78, 5) is 2.28. The molecule has 3 nitrogen and oxygen atoms in total. The van der Waals surface area contributed by atoms with E-state index in [1.165, 1.54) is 20.0 Å². The monoisotopic (exact) mass is 250 g/mol. The second-order valence-corrected chi connectivity index (χ2v) is 5.62. The maximum Gasteiger partial charge on any atom is 0.165 e. The fraction of sp³-hybridized carbons (Fsp3) is 0.571. The Balaban J connectivity index is 1.59. The van der Waals surface area contributed by atoms with Gasteiger partial charge in [0.25, 0.3) is 0 Å². The van der Waals surface area contributed by atoms with Gasteiger partial charge in [-0.3, -0.25) is 4.90 Å². The average Bonchev–Trinajstić information content (AvgIpc) is 3.11. The zero-order valence-corrected chi connectivity index (χ0v) is 10.7. The number of benzene rings is 1. The van der Waals surface area contributed by atoms with Gasteiger partial charge in [0.05, 0.1) is 7.11 Å². The summed E-state index contributed by atoms with van der Waals surface area (Å²) >= 11 is 0. The molecule has 1 aromatic carbocycles. The summed E-state index contributed by atoms with van der Waals surface area (Å²) in [5.74, 6) is 0.728. The molecule has 0 bridgehead atoms. The topological polar surface area (TPSA) is 38.5 Å². The highest BCUT2D eigenvalue weighted by Gasteiger charge is 2.49. The predicted molar refractivity (Wildman–Crippen MR) is 67.9 cm³/mol. The molecule has 0 aromatic heterocycles. The van der Waals surface area contributed by atoms with Crippen LogP contribution in [0.3, 0.4) is 0 Å². The van der Waals surface area contributed by atoms with Gasteiger partial charge < -0.3 is 10.5 Å². The molecule has 1 aliphatic heterocycles. The zero-order valence-electron chi connectivity index (χ0n) is 10.7. The first kappa shape index (κ1) is 11.9. The smallest absolute Gasteiger partial charge is 0.165 e. The molecule has 18 heavy (non-hydrogen) atoms. The van der Waals surface area contributed by atoms with Crippen LogP contribution in [0.2, 0.25) is 0 Å². The van der Waals surface area contributed by atoms with Crippen molar-refractivity contribution in [2.45, 2.75) is 24.9 Å². The first-order valence-corrected chi connectivity index (χ1v) is 6.44. The third-order valence-electron chi connectivity index (χ3n) is 4.05. The van der Waals surface area contributed by atoms with Crippen molar-refractivity contribution in [3.05, 3.63) is 29.6 Å². The van der Waals surface area contributed by atoms with E-state index in [-0.39, 0.29) is 11.4 Å². The molecule has 1 aliphatic carbocycles. The normalized spacial score (nSPS) is 22.6. The number of nitrogens with zero attached hydrogens (tertiary/aromatic N) is 1. The molecule has 0 atom stereocenters. The van der Waals surface area contributed by atoms with E-state index in [1.807, 2.05) is 6.07 Å². The molecule has 2 fully saturated rings. The highest BCUT2D eigenvalue weighted by atomic mass is 19.1. The van der Waals surface area contributed by atoms with Gasteiger partial charge >= 0.3 is 0 Å². The maximum atomic E-state index is 13.5. The van der Waals surface area contributed by atoms with E-state index < -0.39 is 0 Å². The summed E-state index contributed by atoms with van der Waals surface area (Å²) in [6, 6.07) is 5.14. The quantitative estimate of drug-likeness (QED) is 0.885. The van der Waals surface area contributed by atoms with Crippen LogP contribution in [0.1, 0.15) is 18.4 Å². The minimum Gasteiger partial charge on any atom is -0.494 e. The largest absolute Gasteiger partial charge is 0.494 e. The van der Waals surface area contributed by atoms with Gasteiger partial charge in [-0.2, -0.15) is 0 Å². The van der Waals surface area contributed by atoms with E-state index in [0.717, 1.165) is 31.1 Å². The Morgan fingerprint density at radius 2 is 2.17 bits per heavy atom. The van der Waals surface area contributed by atoms with Gasteiger partial charge in [-0.1, -0.05) is 6.07 Å². The molecule has 1 saturated heterocycles. The lowest BCUT2D eigenvalue weighted by atomic mass is 9.85. The van der Waals surface area contributed by atoms with Crippen molar-refractivity contribution in [1.82, 2.24) is 4.90 Å². The molecule has 0 spiro atoms. The Hall–Kier alpha value is -1.13. The minimum absolute atomic E-state index is 0.0328. The molecule has 0 amide bonds. The van der Waals surface area contributed by atoms with E-state index in [0.29, 0.717) is 5.75 Å². The highest BCUT2D eigenvalue weighted by molar-refractivity contribution is 5.29. The molecule has 1 saturated carbocycles.